The molecule has 1 aromatic rings. The zero-order chi connectivity index (χ0) is 11.8. The molecule has 2 aliphatic rings. The Morgan fingerprint density at radius 3 is 2.65 bits per heavy atom. The van der Waals surface area contributed by atoms with Crippen LogP contribution >= 0.6 is 0 Å². The van der Waals surface area contributed by atoms with Crippen molar-refractivity contribution in [1.82, 2.24) is 19.7 Å². The molecule has 1 saturated heterocycles. The van der Waals surface area contributed by atoms with Gasteiger partial charge in [-0.2, -0.15) is 5.10 Å². The van der Waals surface area contributed by atoms with Crippen LogP contribution in [-0.2, 0) is 6.42 Å². The summed E-state index contributed by atoms with van der Waals surface area (Å²) in [6, 6.07) is 0.547. The largest absolute Gasteiger partial charge is 0.306 e. The highest BCUT2D eigenvalue weighted by Crippen LogP contribution is 2.28. The quantitative estimate of drug-likeness (QED) is 0.745. The molecule has 17 heavy (non-hydrogen) atoms. The van der Waals surface area contributed by atoms with Crippen LogP contribution in [0, 0.1) is 0 Å². The first-order valence-corrected chi connectivity index (χ1v) is 6.88. The Morgan fingerprint density at radius 2 is 1.94 bits per heavy atom. The maximum Gasteiger partial charge on any atom is 0.154 e. The Balaban J connectivity index is 1.80. The van der Waals surface area contributed by atoms with Gasteiger partial charge in [0.1, 0.15) is 5.82 Å². The van der Waals surface area contributed by atoms with Crippen LogP contribution in [0.5, 0.6) is 0 Å². The number of aromatic nitrogens is 3. The van der Waals surface area contributed by atoms with Crippen molar-refractivity contribution >= 4 is 0 Å². The fraction of sp³-hybridized carbons (Fsp3) is 0.846. The zero-order valence-electron chi connectivity index (χ0n) is 10.9. The van der Waals surface area contributed by atoms with E-state index < -0.39 is 0 Å². The number of hydrogen-bond acceptors (Lipinski definition) is 3. The summed E-state index contributed by atoms with van der Waals surface area (Å²) in [6.07, 6.45) is 6.07. The van der Waals surface area contributed by atoms with E-state index in [1.807, 2.05) is 0 Å². The molecule has 0 bridgehead atoms. The normalized spacial score (nSPS) is 27.1. The lowest BCUT2D eigenvalue weighted by Crippen LogP contribution is -2.29. The monoisotopic (exact) mass is 234 g/mol. The smallest absolute Gasteiger partial charge is 0.154 e. The molecule has 0 amide bonds. The van der Waals surface area contributed by atoms with Gasteiger partial charge in [-0.05, 0) is 52.7 Å². The van der Waals surface area contributed by atoms with Crippen molar-refractivity contribution in [1.29, 1.82) is 0 Å². The molecule has 1 fully saturated rings. The van der Waals surface area contributed by atoms with Crippen LogP contribution < -0.4 is 0 Å². The first kappa shape index (κ1) is 11.2. The number of rotatable bonds is 1. The van der Waals surface area contributed by atoms with Crippen molar-refractivity contribution in [3.63, 3.8) is 0 Å². The van der Waals surface area contributed by atoms with Gasteiger partial charge in [-0.25, -0.2) is 9.67 Å². The second-order valence-electron chi connectivity index (χ2n) is 5.65. The molecule has 1 aromatic heterocycles. The summed E-state index contributed by atoms with van der Waals surface area (Å²) in [5.74, 6) is 2.93. The van der Waals surface area contributed by atoms with Crippen LogP contribution in [0.1, 0.15) is 56.2 Å². The number of likely N-dealkylation sites (tertiary alicyclic amines) is 1. The number of aryl methyl sites for hydroxylation is 1. The first-order valence-electron chi connectivity index (χ1n) is 6.88. The molecule has 1 atom stereocenters. The van der Waals surface area contributed by atoms with Crippen LogP contribution in [-0.4, -0.2) is 39.8 Å². The Kier molecular flexibility index (Phi) is 2.90. The second kappa shape index (κ2) is 4.41. The van der Waals surface area contributed by atoms with Crippen LogP contribution in [0.15, 0.2) is 0 Å². The highest BCUT2D eigenvalue weighted by Gasteiger charge is 2.26. The van der Waals surface area contributed by atoms with E-state index in [2.05, 4.69) is 23.6 Å². The van der Waals surface area contributed by atoms with E-state index >= 15 is 0 Å². The van der Waals surface area contributed by atoms with Crippen molar-refractivity contribution in [3.8, 4) is 0 Å². The van der Waals surface area contributed by atoms with Crippen molar-refractivity contribution < 1.29 is 0 Å². The molecule has 0 N–H and O–H groups in total. The molecule has 0 aromatic carbocycles. The third kappa shape index (κ3) is 2.10. The van der Waals surface area contributed by atoms with Gasteiger partial charge >= 0.3 is 0 Å². The predicted octanol–water partition coefficient (Wildman–Crippen LogP) is 1.98. The van der Waals surface area contributed by atoms with Gasteiger partial charge in [-0.1, -0.05) is 0 Å². The lowest BCUT2D eigenvalue weighted by molar-refractivity contribution is 0.250. The van der Waals surface area contributed by atoms with Gasteiger partial charge in [0.25, 0.3) is 0 Å². The second-order valence-corrected chi connectivity index (χ2v) is 5.65. The summed E-state index contributed by atoms with van der Waals surface area (Å²) in [5, 5.41) is 4.77. The van der Waals surface area contributed by atoms with Gasteiger partial charge in [0, 0.05) is 12.3 Å². The Bertz CT molecular complexity index is 390. The summed E-state index contributed by atoms with van der Waals surface area (Å²) in [5.41, 5.74) is 0. The molecule has 4 nitrogen and oxygen atoms in total. The van der Waals surface area contributed by atoms with Crippen LogP contribution in [0.4, 0.5) is 0 Å². The van der Waals surface area contributed by atoms with Crippen LogP contribution in [0.3, 0.4) is 0 Å². The molecule has 0 aliphatic carbocycles. The number of nitrogens with zero attached hydrogens (tertiary/aromatic N) is 4. The Hall–Kier alpha value is -0.900. The first-order chi connectivity index (χ1) is 8.24. The number of fused-ring (bicyclic) bond motifs is 1. The maximum absolute atomic E-state index is 4.78. The van der Waals surface area contributed by atoms with Crippen LogP contribution in [0.2, 0.25) is 0 Å². The molecule has 3 heterocycles. The zero-order valence-corrected chi connectivity index (χ0v) is 10.9. The van der Waals surface area contributed by atoms with Crippen molar-refractivity contribution in [2.75, 3.05) is 20.1 Å². The lowest BCUT2D eigenvalue weighted by atomic mass is 9.97. The molecule has 0 radical (unpaired) electrons. The van der Waals surface area contributed by atoms with Gasteiger partial charge in [0.15, 0.2) is 5.82 Å². The Morgan fingerprint density at radius 1 is 1.18 bits per heavy atom. The molecular formula is C13H22N4. The fourth-order valence-electron chi connectivity index (χ4n) is 3.01. The standard InChI is InChI=1S/C13H22N4/c1-10-4-3-5-12-14-13(15-17(10)12)11-6-8-16(2)9-7-11/h10-11H,3-9H2,1-2H3. The minimum atomic E-state index is 0.547. The summed E-state index contributed by atoms with van der Waals surface area (Å²) < 4.78 is 2.18. The van der Waals surface area contributed by atoms with E-state index in [0.717, 1.165) is 12.2 Å². The minimum absolute atomic E-state index is 0.547. The van der Waals surface area contributed by atoms with Gasteiger partial charge in [-0.3, -0.25) is 0 Å². The number of piperidine rings is 1. The van der Waals surface area contributed by atoms with Crippen molar-refractivity contribution in [2.45, 2.75) is 51.0 Å². The molecule has 2 aliphatic heterocycles. The molecule has 0 saturated carbocycles. The summed E-state index contributed by atoms with van der Waals surface area (Å²) >= 11 is 0. The van der Waals surface area contributed by atoms with Gasteiger partial charge in [0.05, 0.1) is 6.04 Å². The third-order valence-corrected chi connectivity index (χ3v) is 4.24. The third-order valence-electron chi connectivity index (χ3n) is 4.24. The predicted molar refractivity (Wildman–Crippen MR) is 67.1 cm³/mol. The van der Waals surface area contributed by atoms with E-state index in [1.165, 1.54) is 44.6 Å². The van der Waals surface area contributed by atoms with Crippen LogP contribution in [0.25, 0.3) is 0 Å². The van der Waals surface area contributed by atoms with Gasteiger partial charge < -0.3 is 4.90 Å². The lowest BCUT2D eigenvalue weighted by Gasteiger charge is -2.27. The van der Waals surface area contributed by atoms with E-state index in [-0.39, 0.29) is 0 Å². The highest BCUT2D eigenvalue weighted by atomic mass is 15.4. The average Bonchev–Trinajstić information content (AvgIpc) is 2.75. The van der Waals surface area contributed by atoms with Gasteiger partial charge in [0.2, 0.25) is 0 Å². The van der Waals surface area contributed by atoms with Crippen molar-refractivity contribution in [3.05, 3.63) is 11.6 Å². The number of hydrogen-bond donors (Lipinski definition) is 0. The van der Waals surface area contributed by atoms with E-state index in [9.17, 15) is 0 Å². The molecule has 3 rings (SSSR count). The highest BCUT2D eigenvalue weighted by molar-refractivity contribution is 5.04. The fourth-order valence-corrected chi connectivity index (χ4v) is 3.01. The summed E-state index contributed by atoms with van der Waals surface area (Å²) in [6.45, 7) is 4.63. The molecule has 0 spiro atoms. The topological polar surface area (TPSA) is 34.0 Å². The van der Waals surface area contributed by atoms with Gasteiger partial charge in [-0.15, -0.1) is 0 Å². The molecule has 4 heteroatoms. The van der Waals surface area contributed by atoms with E-state index in [0.29, 0.717) is 12.0 Å². The summed E-state index contributed by atoms with van der Waals surface area (Å²) in [7, 11) is 2.20. The van der Waals surface area contributed by atoms with E-state index in [1.54, 1.807) is 0 Å². The van der Waals surface area contributed by atoms with Crippen molar-refractivity contribution in [2.24, 2.45) is 0 Å². The molecule has 94 valence electrons. The minimum Gasteiger partial charge on any atom is -0.306 e. The molecule has 1 unspecified atom stereocenters. The summed E-state index contributed by atoms with van der Waals surface area (Å²) in [4.78, 5) is 7.18. The van der Waals surface area contributed by atoms with E-state index in [4.69, 9.17) is 10.1 Å². The maximum atomic E-state index is 4.78. The average molecular weight is 234 g/mol. The SMILES string of the molecule is CC1CCCc2nc(C3CCN(C)CC3)nn21. The molecular weight excluding hydrogens is 212 g/mol. The Labute approximate surface area is 103 Å².